The summed E-state index contributed by atoms with van der Waals surface area (Å²) < 4.78 is 0. The van der Waals surface area contributed by atoms with E-state index in [9.17, 15) is 15.3 Å². The Morgan fingerprint density at radius 1 is 1.36 bits per heavy atom. The van der Waals surface area contributed by atoms with Crippen molar-refractivity contribution in [3.63, 3.8) is 0 Å². The van der Waals surface area contributed by atoms with Crippen LogP contribution >= 0.6 is 11.6 Å². The van der Waals surface area contributed by atoms with E-state index in [4.69, 9.17) is 16.9 Å². The molecule has 3 rings (SSSR count). The van der Waals surface area contributed by atoms with Crippen LogP contribution in [-0.2, 0) is 0 Å². The van der Waals surface area contributed by atoms with Crippen LogP contribution in [0.1, 0.15) is 30.9 Å². The fraction of sp³-hybridized carbons (Fsp3) is 0.562. The van der Waals surface area contributed by atoms with Crippen LogP contribution in [0.4, 0.5) is 5.69 Å². The zero-order chi connectivity index (χ0) is 16.2. The largest absolute Gasteiger partial charge is 0.391 e. The molecule has 1 aromatic carbocycles. The lowest BCUT2D eigenvalue weighted by Crippen LogP contribution is -2.61. The molecule has 0 aromatic heterocycles. The number of benzene rings is 1. The van der Waals surface area contributed by atoms with Gasteiger partial charge in [0.15, 0.2) is 0 Å². The number of halogens is 1. The lowest BCUT2D eigenvalue weighted by Gasteiger charge is -2.47. The van der Waals surface area contributed by atoms with Crippen molar-refractivity contribution in [1.29, 1.82) is 5.26 Å². The van der Waals surface area contributed by atoms with Gasteiger partial charge < -0.3 is 20.2 Å². The summed E-state index contributed by atoms with van der Waals surface area (Å²) in [6.07, 6.45) is -0.876. The molecule has 118 valence electrons. The molecule has 0 radical (unpaired) electrons. The number of hydrogen-bond acceptors (Lipinski definition) is 5. The van der Waals surface area contributed by atoms with E-state index in [0.29, 0.717) is 17.0 Å². The zero-order valence-electron chi connectivity index (χ0n) is 12.5. The molecule has 2 fully saturated rings. The van der Waals surface area contributed by atoms with E-state index in [1.807, 2.05) is 17.9 Å². The van der Waals surface area contributed by atoms with E-state index in [1.165, 1.54) is 0 Å². The average molecular weight is 323 g/mol. The Kier molecular flexibility index (Phi) is 3.61. The first-order valence-electron chi connectivity index (χ1n) is 7.34. The van der Waals surface area contributed by atoms with Crippen LogP contribution in [0.5, 0.6) is 0 Å². The maximum atomic E-state index is 10.4. The smallest absolute Gasteiger partial charge is 0.103 e. The van der Waals surface area contributed by atoms with E-state index in [0.717, 1.165) is 11.3 Å². The first-order chi connectivity index (χ1) is 10.3. The molecule has 2 unspecified atom stereocenters. The van der Waals surface area contributed by atoms with E-state index in [1.54, 1.807) is 19.1 Å². The first-order valence-corrected chi connectivity index (χ1v) is 7.71. The second kappa shape index (κ2) is 5.10. The summed E-state index contributed by atoms with van der Waals surface area (Å²) in [6, 6.07) is 4.85. The highest BCUT2D eigenvalue weighted by Gasteiger charge is 2.55. The molecular weight excluding hydrogens is 304 g/mol. The predicted molar refractivity (Wildman–Crippen MR) is 82.8 cm³/mol. The Morgan fingerprint density at radius 3 is 2.68 bits per heavy atom. The van der Waals surface area contributed by atoms with Crippen molar-refractivity contribution in [1.82, 2.24) is 0 Å². The second-order valence-electron chi connectivity index (χ2n) is 6.53. The molecule has 22 heavy (non-hydrogen) atoms. The molecule has 3 N–H and O–H groups in total. The van der Waals surface area contributed by atoms with Crippen LogP contribution in [-0.4, -0.2) is 45.2 Å². The molecule has 2 aliphatic rings. The van der Waals surface area contributed by atoms with Crippen LogP contribution in [0.3, 0.4) is 0 Å². The Morgan fingerprint density at radius 2 is 2.05 bits per heavy atom. The van der Waals surface area contributed by atoms with Crippen molar-refractivity contribution in [2.75, 3.05) is 4.90 Å². The lowest BCUT2D eigenvalue weighted by molar-refractivity contribution is -0.0906. The van der Waals surface area contributed by atoms with Crippen LogP contribution in [0.15, 0.2) is 12.1 Å². The normalized spacial score (nSPS) is 37.2. The fourth-order valence-corrected chi connectivity index (χ4v) is 4.02. The number of rotatable bonds is 1. The summed E-state index contributed by atoms with van der Waals surface area (Å²) in [7, 11) is 0. The molecule has 2 heterocycles. The highest BCUT2D eigenvalue weighted by Crippen LogP contribution is 2.45. The lowest BCUT2D eigenvalue weighted by atomic mass is 9.84. The summed E-state index contributed by atoms with van der Waals surface area (Å²) >= 11 is 6.24. The first kappa shape index (κ1) is 15.6. The van der Waals surface area contributed by atoms with Gasteiger partial charge in [-0.05, 0) is 38.0 Å². The molecular formula is C16H19ClN2O3. The minimum Gasteiger partial charge on any atom is -0.391 e. The molecule has 0 aliphatic carbocycles. The molecule has 0 amide bonds. The standard InChI is InChI=1S/C16H19ClN2O3/c1-8-10(4-3-9(7-18)14(8)17)19-11-5-13(20)12(19)6-16(2,22)15(11)21/h3-4,11-13,15,20-22H,5-6H2,1-2H3/t11-,12-,13?,15?,16-/m1/s1. The number of nitriles is 1. The fourth-order valence-electron chi connectivity index (χ4n) is 3.82. The Balaban J connectivity index is 2.07. The zero-order valence-corrected chi connectivity index (χ0v) is 13.2. The van der Waals surface area contributed by atoms with Gasteiger partial charge in [-0.15, -0.1) is 0 Å². The molecule has 6 heteroatoms. The van der Waals surface area contributed by atoms with Crippen LogP contribution in [0, 0.1) is 18.3 Å². The van der Waals surface area contributed by atoms with Gasteiger partial charge in [-0.1, -0.05) is 11.6 Å². The number of aliphatic hydroxyl groups excluding tert-OH is 2. The summed E-state index contributed by atoms with van der Waals surface area (Å²) in [5.41, 5.74) is 0.733. The molecule has 1 aromatic rings. The van der Waals surface area contributed by atoms with E-state index in [-0.39, 0.29) is 18.5 Å². The average Bonchev–Trinajstić information content (AvgIpc) is 2.73. The monoisotopic (exact) mass is 322 g/mol. The van der Waals surface area contributed by atoms with Gasteiger partial charge in [0, 0.05) is 12.1 Å². The third-order valence-electron chi connectivity index (χ3n) is 5.02. The van der Waals surface area contributed by atoms with Gasteiger partial charge in [-0.25, -0.2) is 0 Å². The maximum absolute atomic E-state index is 10.4. The van der Waals surface area contributed by atoms with Gasteiger partial charge in [0.05, 0.1) is 34.4 Å². The third kappa shape index (κ3) is 2.10. The van der Waals surface area contributed by atoms with Crippen LogP contribution < -0.4 is 4.90 Å². The van der Waals surface area contributed by atoms with Crippen molar-refractivity contribution in [3.8, 4) is 6.07 Å². The van der Waals surface area contributed by atoms with Crippen molar-refractivity contribution >= 4 is 17.3 Å². The Bertz CT molecular complexity index is 656. The molecule has 2 aliphatic heterocycles. The van der Waals surface area contributed by atoms with Gasteiger partial charge >= 0.3 is 0 Å². The number of fused-ring (bicyclic) bond motifs is 2. The van der Waals surface area contributed by atoms with E-state index >= 15 is 0 Å². The summed E-state index contributed by atoms with van der Waals surface area (Å²) in [5.74, 6) is 0. The maximum Gasteiger partial charge on any atom is 0.103 e. The van der Waals surface area contributed by atoms with Crippen molar-refractivity contribution in [2.45, 2.75) is 56.6 Å². The van der Waals surface area contributed by atoms with Gasteiger partial charge in [0.25, 0.3) is 0 Å². The molecule has 5 atom stereocenters. The Labute approximate surface area is 134 Å². The number of nitrogens with zero attached hydrogens (tertiary/aromatic N) is 2. The predicted octanol–water partition coefficient (Wildman–Crippen LogP) is 1.34. The molecule has 2 saturated heterocycles. The molecule has 2 bridgehead atoms. The van der Waals surface area contributed by atoms with Gasteiger partial charge in [-0.2, -0.15) is 5.26 Å². The molecule has 5 nitrogen and oxygen atoms in total. The van der Waals surface area contributed by atoms with E-state index < -0.39 is 17.8 Å². The summed E-state index contributed by atoms with van der Waals surface area (Å²) in [4.78, 5) is 1.95. The van der Waals surface area contributed by atoms with Gasteiger partial charge in [-0.3, -0.25) is 0 Å². The topological polar surface area (TPSA) is 87.7 Å². The van der Waals surface area contributed by atoms with Crippen molar-refractivity contribution in [2.24, 2.45) is 0 Å². The molecule has 0 saturated carbocycles. The number of anilines is 1. The highest BCUT2D eigenvalue weighted by molar-refractivity contribution is 6.32. The van der Waals surface area contributed by atoms with Crippen molar-refractivity contribution < 1.29 is 15.3 Å². The number of hydrogen-bond donors (Lipinski definition) is 3. The van der Waals surface area contributed by atoms with E-state index in [2.05, 4.69) is 0 Å². The van der Waals surface area contributed by atoms with Crippen molar-refractivity contribution in [3.05, 3.63) is 28.3 Å². The number of aliphatic hydroxyl groups is 3. The summed E-state index contributed by atoms with van der Waals surface area (Å²) in [5, 5.41) is 40.5. The quantitative estimate of drug-likeness (QED) is 0.726. The van der Waals surface area contributed by atoms with Crippen LogP contribution in [0.25, 0.3) is 0 Å². The second-order valence-corrected chi connectivity index (χ2v) is 6.91. The van der Waals surface area contributed by atoms with Crippen LogP contribution in [0.2, 0.25) is 5.02 Å². The van der Waals surface area contributed by atoms with Gasteiger partial charge in [0.1, 0.15) is 12.2 Å². The summed E-state index contributed by atoms with van der Waals surface area (Å²) in [6.45, 7) is 3.43. The SMILES string of the molecule is Cc1c(N2[C@@H]3C[C@@](C)(O)C(O)[C@H]2CC3O)ccc(C#N)c1Cl. The van der Waals surface area contributed by atoms with Gasteiger partial charge in [0.2, 0.25) is 0 Å². The molecule has 0 spiro atoms. The minimum absolute atomic E-state index is 0.272. The highest BCUT2D eigenvalue weighted by atomic mass is 35.5. The number of piperidine rings is 1. The minimum atomic E-state index is -1.21. The third-order valence-corrected chi connectivity index (χ3v) is 5.51. The Hall–Kier alpha value is -1.32.